The van der Waals surface area contributed by atoms with E-state index >= 15 is 0 Å². The third-order valence-electron chi connectivity index (χ3n) is 1.84. The van der Waals surface area contributed by atoms with Crippen LogP contribution in [0.3, 0.4) is 0 Å². The predicted octanol–water partition coefficient (Wildman–Crippen LogP) is 3.66. The van der Waals surface area contributed by atoms with Crippen LogP contribution in [0.25, 0.3) is 0 Å². The molecule has 0 spiro atoms. The van der Waals surface area contributed by atoms with Crippen LogP contribution in [0.4, 0.5) is 13.2 Å². The van der Waals surface area contributed by atoms with Crippen LogP contribution in [0, 0.1) is 3.57 Å². The van der Waals surface area contributed by atoms with Crippen molar-refractivity contribution >= 4 is 44.5 Å². The van der Waals surface area contributed by atoms with Crippen molar-refractivity contribution in [2.45, 2.75) is 18.6 Å². The van der Waals surface area contributed by atoms with E-state index in [9.17, 15) is 18.0 Å². The van der Waals surface area contributed by atoms with E-state index in [1.165, 1.54) is 0 Å². The highest BCUT2D eigenvalue weighted by Gasteiger charge is 2.33. The summed E-state index contributed by atoms with van der Waals surface area (Å²) in [4.78, 5) is 15.4. The zero-order chi connectivity index (χ0) is 14.6. The molecule has 0 aliphatic heterocycles. The summed E-state index contributed by atoms with van der Waals surface area (Å²) in [5.74, 6) is -1.13. The second-order valence-electron chi connectivity index (χ2n) is 3.17. The van der Waals surface area contributed by atoms with E-state index in [-0.39, 0.29) is 26.9 Å². The number of alkyl halides is 4. The van der Waals surface area contributed by atoms with Gasteiger partial charge >= 0.3 is 12.3 Å². The van der Waals surface area contributed by atoms with Crippen LogP contribution >= 0.6 is 38.5 Å². The topological polar surface area (TPSA) is 48.4 Å². The molecule has 0 aromatic carbocycles. The maximum Gasteiger partial charge on any atom is 0.573 e. The van der Waals surface area contributed by atoms with Gasteiger partial charge < -0.3 is 9.47 Å². The molecule has 1 aromatic heterocycles. The summed E-state index contributed by atoms with van der Waals surface area (Å²) in [6.45, 7) is 1.78. The number of nitrogens with zero attached hydrogens (tertiary/aromatic N) is 1. The Kier molecular flexibility index (Phi) is 5.83. The quantitative estimate of drug-likeness (QED) is 0.396. The minimum Gasteiger partial charge on any atom is -0.461 e. The average molecular weight is 454 g/mol. The van der Waals surface area contributed by atoms with Crippen LogP contribution in [-0.2, 0) is 10.1 Å². The highest BCUT2D eigenvalue weighted by molar-refractivity contribution is 14.1. The van der Waals surface area contributed by atoms with Crippen molar-refractivity contribution in [2.24, 2.45) is 0 Å². The Bertz CT molecular complexity index is 482. The first-order valence-electron chi connectivity index (χ1n) is 4.96. The molecular weight excluding hydrogens is 446 g/mol. The van der Waals surface area contributed by atoms with Crippen molar-refractivity contribution in [1.82, 2.24) is 4.98 Å². The summed E-state index contributed by atoms with van der Waals surface area (Å²) in [7, 11) is 0. The van der Waals surface area contributed by atoms with Crippen LogP contribution in [0.2, 0.25) is 0 Å². The monoisotopic (exact) mass is 453 g/mol. The number of rotatable bonds is 4. The van der Waals surface area contributed by atoms with E-state index in [0.29, 0.717) is 0 Å². The molecule has 0 fully saturated rings. The average Bonchev–Trinajstić information content (AvgIpc) is 2.27. The lowest BCUT2D eigenvalue weighted by Crippen LogP contribution is -2.19. The molecule has 19 heavy (non-hydrogen) atoms. The smallest absolute Gasteiger partial charge is 0.461 e. The fraction of sp³-hybridized carbons (Fsp3) is 0.400. The zero-order valence-electron chi connectivity index (χ0n) is 9.55. The van der Waals surface area contributed by atoms with Crippen molar-refractivity contribution in [1.29, 1.82) is 0 Å². The lowest BCUT2D eigenvalue weighted by atomic mass is 10.3. The van der Waals surface area contributed by atoms with E-state index < -0.39 is 18.1 Å². The van der Waals surface area contributed by atoms with Gasteiger partial charge in [-0.1, -0.05) is 15.9 Å². The molecule has 0 amide bonds. The van der Waals surface area contributed by atoms with Crippen molar-refractivity contribution in [3.05, 3.63) is 21.0 Å². The molecule has 0 saturated carbocycles. The highest BCUT2D eigenvalue weighted by atomic mass is 127. The number of hydrogen-bond acceptors (Lipinski definition) is 4. The Morgan fingerprint density at radius 1 is 1.53 bits per heavy atom. The maximum absolute atomic E-state index is 12.2. The second kappa shape index (κ2) is 6.73. The van der Waals surface area contributed by atoms with Crippen molar-refractivity contribution in [3.63, 3.8) is 0 Å². The fourth-order valence-corrected chi connectivity index (χ4v) is 2.19. The molecule has 0 radical (unpaired) electrons. The van der Waals surface area contributed by atoms with Gasteiger partial charge in [-0.15, -0.1) is 13.2 Å². The molecule has 106 valence electrons. The third-order valence-corrected chi connectivity index (χ3v) is 3.19. The van der Waals surface area contributed by atoms with Crippen LogP contribution in [0.15, 0.2) is 6.07 Å². The van der Waals surface area contributed by atoms with Gasteiger partial charge in [0, 0.05) is 8.90 Å². The number of esters is 1. The molecule has 9 heteroatoms. The number of ether oxygens (including phenoxy) is 2. The molecule has 1 rings (SSSR count). The van der Waals surface area contributed by atoms with Crippen molar-refractivity contribution in [2.75, 3.05) is 6.61 Å². The first kappa shape index (κ1) is 16.5. The van der Waals surface area contributed by atoms with Gasteiger partial charge in [0.1, 0.15) is 0 Å². The molecule has 1 heterocycles. The largest absolute Gasteiger partial charge is 0.573 e. The van der Waals surface area contributed by atoms with Crippen LogP contribution < -0.4 is 4.74 Å². The molecule has 1 aromatic rings. The van der Waals surface area contributed by atoms with Gasteiger partial charge in [-0.05, 0) is 35.6 Å². The van der Waals surface area contributed by atoms with E-state index in [1.54, 1.807) is 29.5 Å². The summed E-state index contributed by atoms with van der Waals surface area (Å²) >= 11 is 4.70. The number of aromatic nitrogens is 1. The minimum absolute atomic E-state index is 0.0156. The SMILES string of the molecule is CCOC(=O)c1nc(CBr)c(OC(F)(F)F)cc1I. The van der Waals surface area contributed by atoms with E-state index in [4.69, 9.17) is 4.74 Å². The van der Waals surface area contributed by atoms with Gasteiger partial charge in [0.05, 0.1) is 12.3 Å². The van der Waals surface area contributed by atoms with Gasteiger partial charge in [0.25, 0.3) is 0 Å². The van der Waals surface area contributed by atoms with E-state index in [2.05, 4.69) is 25.7 Å². The van der Waals surface area contributed by atoms with Gasteiger partial charge in [-0.25, -0.2) is 9.78 Å². The molecule has 4 nitrogen and oxygen atoms in total. The van der Waals surface area contributed by atoms with Crippen LogP contribution in [0.1, 0.15) is 23.1 Å². The molecule has 0 N–H and O–H groups in total. The summed E-state index contributed by atoms with van der Waals surface area (Å²) < 4.78 is 45.5. The van der Waals surface area contributed by atoms with Gasteiger partial charge in [-0.2, -0.15) is 0 Å². The first-order chi connectivity index (χ1) is 8.78. The molecular formula is C10H8BrF3INO3. The highest BCUT2D eigenvalue weighted by Crippen LogP contribution is 2.29. The summed E-state index contributed by atoms with van der Waals surface area (Å²) in [5, 5.41) is 0.0156. The van der Waals surface area contributed by atoms with Gasteiger partial charge in [-0.3, -0.25) is 0 Å². The Labute approximate surface area is 128 Å². The van der Waals surface area contributed by atoms with E-state index in [1.807, 2.05) is 0 Å². The summed E-state index contributed by atoms with van der Waals surface area (Å²) in [6, 6.07) is 1.10. The number of carbonyl (C=O) groups is 1. The Morgan fingerprint density at radius 2 is 2.16 bits per heavy atom. The lowest BCUT2D eigenvalue weighted by Gasteiger charge is -2.13. The summed E-state index contributed by atoms with van der Waals surface area (Å²) in [5.41, 5.74) is -0.0628. The maximum atomic E-state index is 12.2. The molecule has 0 aliphatic rings. The zero-order valence-corrected chi connectivity index (χ0v) is 13.3. The first-order valence-corrected chi connectivity index (χ1v) is 7.16. The molecule has 0 atom stereocenters. The molecule has 0 aliphatic carbocycles. The van der Waals surface area contributed by atoms with Crippen molar-refractivity contribution in [3.8, 4) is 5.75 Å². The minimum atomic E-state index is -4.81. The molecule has 0 bridgehead atoms. The standard InChI is InChI=1S/C10H8BrF3INO3/c1-2-18-9(17)8-5(15)3-7(6(4-11)16-8)19-10(12,13)14/h3H,2,4H2,1H3. The fourth-order valence-electron chi connectivity index (χ4n) is 1.16. The normalized spacial score (nSPS) is 11.3. The third kappa shape index (κ3) is 4.79. The Hall–Kier alpha value is -0.580. The van der Waals surface area contributed by atoms with Crippen molar-refractivity contribution < 1.29 is 27.4 Å². The number of halogens is 5. The molecule has 0 unspecified atom stereocenters. The number of carbonyl (C=O) groups excluding carboxylic acids is 1. The van der Waals surface area contributed by atoms with Gasteiger partial charge in [0.2, 0.25) is 0 Å². The molecule has 0 saturated heterocycles. The number of pyridine rings is 1. The number of hydrogen-bond donors (Lipinski definition) is 0. The van der Waals surface area contributed by atoms with E-state index in [0.717, 1.165) is 6.07 Å². The second-order valence-corrected chi connectivity index (χ2v) is 4.89. The predicted molar refractivity (Wildman–Crippen MR) is 72.2 cm³/mol. The van der Waals surface area contributed by atoms with Gasteiger partial charge in [0.15, 0.2) is 11.4 Å². The Balaban J connectivity index is 3.17. The Morgan fingerprint density at radius 3 is 2.63 bits per heavy atom. The summed E-state index contributed by atoms with van der Waals surface area (Å²) in [6.07, 6.45) is -4.81. The van der Waals surface area contributed by atoms with Crippen LogP contribution in [0.5, 0.6) is 5.75 Å². The lowest BCUT2D eigenvalue weighted by molar-refractivity contribution is -0.275. The van der Waals surface area contributed by atoms with Crippen LogP contribution in [-0.4, -0.2) is 23.9 Å².